The molecule has 22 heavy (non-hydrogen) atoms. The van der Waals surface area contributed by atoms with Crippen LogP contribution in [0.15, 0.2) is 18.2 Å². The first-order valence-corrected chi connectivity index (χ1v) is 8.15. The van der Waals surface area contributed by atoms with Crippen molar-refractivity contribution in [2.24, 2.45) is 0 Å². The number of rotatable bonds is 4. The number of hydrogen-bond acceptors (Lipinski definition) is 5. The minimum absolute atomic E-state index is 0.263. The fourth-order valence-corrected chi connectivity index (χ4v) is 3.32. The van der Waals surface area contributed by atoms with E-state index in [9.17, 15) is 5.11 Å². The molecule has 0 amide bonds. The van der Waals surface area contributed by atoms with Crippen LogP contribution >= 0.6 is 0 Å². The Morgan fingerprint density at radius 2 is 2.09 bits per heavy atom. The number of ether oxygens (including phenoxy) is 2. The van der Waals surface area contributed by atoms with E-state index in [1.807, 2.05) is 19.1 Å². The van der Waals surface area contributed by atoms with Crippen LogP contribution in [-0.2, 0) is 6.54 Å². The van der Waals surface area contributed by atoms with Gasteiger partial charge in [-0.2, -0.15) is 0 Å². The topological polar surface area (TPSA) is 45.2 Å². The molecule has 1 fully saturated rings. The molecule has 1 N–H and O–H groups in total. The lowest BCUT2D eigenvalue weighted by atomic mass is 10.1. The largest absolute Gasteiger partial charge is 0.486 e. The summed E-state index contributed by atoms with van der Waals surface area (Å²) in [6, 6.07) is 6.59. The van der Waals surface area contributed by atoms with Gasteiger partial charge in [0.2, 0.25) is 0 Å². The fraction of sp³-hybridized carbons (Fsp3) is 0.647. The Morgan fingerprint density at radius 1 is 1.27 bits per heavy atom. The van der Waals surface area contributed by atoms with Gasteiger partial charge >= 0.3 is 0 Å². The van der Waals surface area contributed by atoms with E-state index < -0.39 is 0 Å². The summed E-state index contributed by atoms with van der Waals surface area (Å²) in [5, 5.41) is 9.57. The number of fused-ring (bicyclic) bond motifs is 1. The van der Waals surface area contributed by atoms with Crippen molar-refractivity contribution in [3.05, 3.63) is 23.8 Å². The first kappa shape index (κ1) is 15.6. The Morgan fingerprint density at radius 3 is 2.86 bits per heavy atom. The molecule has 3 rings (SSSR count). The Bertz CT molecular complexity index is 507. The minimum atomic E-state index is -0.263. The van der Waals surface area contributed by atoms with Gasteiger partial charge in [-0.15, -0.1) is 0 Å². The Labute approximate surface area is 132 Å². The van der Waals surface area contributed by atoms with Gasteiger partial charge in [-0.25, -0.2) is 0 Å². The molecule has 2 aliphatic heterocycles. The van der Waals surface area contributed by atoms with E-state index in [0.29, 0.717) is 19.3 Å². The van der Waals surface area contributed by atoms with Crippen LogP contribution in [0.3, 0.4) is 0 Å². The summed E-state index contributed by atoms with van der Waals surface area (Å²) in [6.45, 7) is 10.0. The van der Waals surface area contributed by atoms with Crippen LogP contribution in [0.5, 0.6) is 11.5 Å². The maximum atomic E-state index is 9.57. The highest BCUT2D eigenvalue weighted by Gasteiger charge is 2.25. The molecule has 1 aromatic rings. The van der Waals surface area contributed by atoms with Crippen molar-refractivity contribution < 1.29 is 14.6 Å². The lowest BCUT2D eigenvalue weighted by Crippen LogP contribution is -2.53. The van der Waals surface area contributed by atoms with E-state index in [1.54, 1.807) is 0 Å². The number of piperazine rings is 1. The SMILES string of the molecule is C[C@H](O)CN1CCN(Cc2cccc3c2OCCO3)C[C@@H]1C. The number of hydrogen-bond donors (Lipinski definition) is 1. The Balaban J connectivity index is 1.63. The van der Waals surface area contributed by atoms with Crippen molar-refractivity contribution >= 4 is 0 Å². The molecular weight excluding hydrogens is 280 g/mol. The fourth-order valence-electron chi connectivity index (χ4n) is 3.32. The lowest BCUT2D eigenvalue weighted by Gasteiger charge is -2.40. The number of nitrogens with zero attached hydrogens (tertiary/aromatic N) is 2. The van der Waals surface area contributed by atoms with Gasteiger partial charge in [0, 0.05) is 44.3 Å². The maximum Gasteiger partial charge on any atom is 0.165 e. The van der Waals surface area contributed by atoms with Gasteiger partial charge < -0.3 is 14.6 Å². The molecule has 0 aromatic heterocycles. The Hall–Kier alpha value is -1.30. The normalized spacial score (nSPS) is 24.2. The van der Waals surface area contributed by atoms with Gasteiger partial charge in [0.05, 0.1) is 6.10 Å². The predicted octanol–water partition coefficient (Wildman–Crippen LogP) is 1.34. The molecule has 0 aliphatic carbocycles. The van der Waals surface area contributed by atoms with Crippen molar-refractivity contribution in [2.75, 3.05) is 39.4 Å². The second kappa shape index (κ2) is 6.86. The van der Waals surface area contributed by atoms with E-state index in [2.05, 4.69) is 22.8 Å². The second-order valence-corrected chi connectivity index (χ2v) is 6.37. The number of β-amino-alcohol motifs (C(OH)–C–C–N with tert-alkyl or cyclic N) is 1. The summed E-state index contributed by atoms with van der Waals surface area (Å²) in [5.41, 5.74) is 1.20. The van der Waals surface area contributed by atoms with Gasteiger partial charge in [-0.1, -0.05) is 12.1 Å². The highest BCUT2D eigenvalue weighted by atomic mass is 16.6. The lowest BCUT2D eigenvalue weighted by molar-refractivity contribution is 0.0417. The molecule has 5 nitrogen and oxygen atoms in total. The van der Waals surface area contributed by atoms with Gasteiger partial charge in [-0.05, 0) is 19.9 Å². The first-order valence-electron chi connectivity index (χ1n) is 8.15. The number of benzene rings is 1. The van der Waals surface area contributed by atoms with Crippen LogP contribution in [0, 0.1) is 0 Å². The van der Waals surface area contributed by atoms with Crippen LogP contribution in [0.25, 0.3) is 0 Å². The molecule has 2 aliphatic rings. The van der Waals surface area contributed by atoms with Gasteiger partial charge in [0.25, 0.3) is 0 Å². The van der Waals surface area contributed by atoms with E-state index in [-0.39, 0.29) is 6.10 Å². The number of aliphatic hydroxyl groups excluding tert-OH is 1. The van der Waals surface area contributed by atoms with Crippen LogP contribution in [0.4, 0.5) is 0 Å². The first-order chi connectivity index (χ1) is 10.6. The van der Waals surface area contributed by atoms with Crippen LogP contribution in [0.1, 0.15) is 19.4 Å². The summed E-state index contributed by atoms with van der Waals surface area (Å²) < 4.78 is 11.5. The van der Waals surface area contributed by atoms with Crippen molar-refractivity contribution in [1.82, 2.24) is 9.80 Å². The highest BCUT2D eigenvalue weighted by molar-refractivity contribution is 5.47. The molecular formula is C17H26N2O3. The van der Waals surface area contributed by atoms with Gasteiger partial charge in [0.1, 0.15) is 13.2 Å². The zero-order valence-corrected chi connectivity index (χ0v) is 13.5. The molecule has 122 valence electrons. The summed E-state index contributed by atoms with van der Waals surface area (Å²) in [7, 11) is 0. The Kier molecular flexibility index (Phi) is 4.86. The van der Waals surface area contributed by atoms with E-state index in [0.717, 1.165) is 44.2 Å². The molecule has 5 heteroatoms. The molecule has 0 bridgehead atoms. The highest BCUT2D eigenvalue weighted by Crippen LogP contribution is 2.34. The standard InChI is InChI=1S/C17H26N2O3/c1-13-10-18(6-7-19(13)11-14(2)20)12-15-4-3-5-16-17(15)22-9-8-21-16/h3-5,13-14,20H,6-12H2,1-2H3/t13-,14-/m0/s1. The van der Waals surface area contributed by atoms with Crippen molar-refractivity contribution in [3.8, 4) is 11.5 Å². The number of aliphatic hydroxyl groups is 1. The van der Waals surface area contributed by atoms with Crippen molar-refractivity contribution in [3.63, 3.8) is 0 Å². The number of para-hydroxylation sites is 1. The maximum absolute atomic E-state index is 9.57. The molecule has 0 unspecified atom stereocenters. The van der Waals surface area contributed by atoms with Gasteiger partial charge in [0.15, 0.2) is 11.5 Å². The zero-order valence-electron chi connectivity index (χ0n) is 13.5. The zero-order chi connectivity index (χ0) is 15.5. The molecule has 2 atom stereocenters. The third-order valence-corrected chi connectivity index (χ3v) is 4.39. The van der Waals surface area contributed by atoms with Crippen molar-refractivity contribution in [2.45, 2.75) is 32.5 Å². The summed E-state index contributed by atoms with van der Waals surface area (Å²) in [5.74, 6) is 1.78. The van der Waals surface area contributed by atoms with Crippen LogP contribution < -0.4 is 9.47 Å². The molecule has 1 aromatic carbocycles. The van der Waals surface area contributed by atoms with Crippen LogP contribution in [0.2, 0.25) is 0 Å². The molecule has 2 heterocycles. The second-order valence-electron chi connectivity index (χ2n) is 6.37. The smallest absolute Gasteiger partial charge is 0.165 e. The average molecular weight is 306 g/mol. The quantitative estimate of drug-likeness (QED) is 0.910. The van der Waals surface area contributed by atoms with E-state index in [1.165, 1.54) is 5.56 Å². The molecule has 0 spiro atoms. The molecule has 0 saturated carbocycles. The monoisotopic (exact) mass is 306 g/mol. The predicted molar refractivity (Wildman–Crippen MR) is 85.4 cm³/mol. The van der Waals surface area contributed by atoms with Gasteiger partial charge in [-0.3, -0.25) is 9.80 Å². The third-order valence-electron chi connectivity index (χ3n) is 4.39. The van der Waals surface area contributed by atoms with Crippen LogP contribution in [-0.4, -0.2) is 66.4 Å². The van der Waals surface area contributed by atoms with E-state index >= 15 is 0 Å². The third kappa shape index (κ3) is 3.54. The van der Waals surface area contributed by atoms with Crippen molar-refractivity contribution in [1.29, 1.82) is 0 Å². The summed E-state index contributed by atoms with van der Waals surface area (Å²) in [6.07, 6.45) is -0.263. The summed E-state index contributed by atoms with van der Waals surface area (Å²) in [4.78, 5) is 4.82. The minimum Gasteiger partial charge on any atom is -0.486 e. The molecule has 1 saturated heterocycles. The van der Waals surface area contributed by atoms with E-state index in [4.69, 9.17) is 9.47 Å². The molecule has 0 radical (unpaired) electrons. The summed E-state index contributed by atoms with van der Waals surface area (Å²) >= 11 is 0. The average Bonchev–Trinajstić information content (AvgIpc) is 2.50.